The molecule has 1 aliphatic rings. The molecule has 0 bridgehead atoms. The topological polar surface area (TPSA) is 96.9 Å². The van der Waals surface area contributed by atoms with Crippen LogP contribution in [0.3, 0.4) is 0 Å². The zero-order chi connectivity index (χ0) is 24.3. The summed E-state index contributed by atoms with van der Waals surface area (Å²) in [5.41, 5.74) is 1.21. The van der Waals surface area contributed by atoms with Crippen molar-refractivity contribution in [2.45, 2.75) is 45.6 Å². The van der Waals surface area contributed by atoms with Gasteiger partial charge in [-0.25, -0.2) is 0 Å². The highest BCUT2D eigenvalue weighted by Gasteiger charge is 2.20. The van der Waals surface area contributed by atoms with Crippen molar-refractivity contribution in [2.75, 3.05) is 19.8 Å². The first kappa shape index (κ1) is 25.3. The minimum atomic E-state index is -0.486. The van der Waals surface area contributed by atoms with Crippen molar-refractivity contribution in [3.8, 4) is 11.5 Å². The molecule has 0 saturated heterocycles. The van der Waals surface area contributed by atoms with Crippen molar-refractivity contribution >= 4 is 17.9 Å². The van der Waals surface area contributed by atoms with Crippen LogP contribution in [-0.2, 0) is 4.79 Å². The lowest BCUT2D eigenvalue weighted by molar-refractivity contribution is -0.117. The van der Waals surface area contributed by atoms with Gasteiger partial charge in [0.15, 0.2) is 0 Å². The third-order valence-electron chi connectivity index (χ3n) is 5.29. The summed E-state index contributed by atoms with van der Waals surface area (Å²) in [5, 5.41) is 14.3. The smallest absolute Gasteiger partial charge is 0.267 e. The van der Waals surface area contributed by atoms with Crippen LogP contribution >= 0.6 is 0 Å². The highest BCUT2D eigenvalue weighted by molar-refractivity contribution is 6.05. The summed E-state index contributed by atoms with van der Waals surface area (Å²) in [6, 6.07) is 14.1. The van der Waals surface area contributed by atoms with Crippen molar-refractivity contribution in [1.29, 1.82) is 0 Å². The molecule has 1 fully saturated rings. The van der Waals surface area contributed by atoms with Gasteiger partial charge >= 0.3 is 0 Å². The molecule has 7 heteroatoms. The van der Waals surface area contributed by atoms with Gasteiger partial charge in [0, 0.05) is 12.1 Å². The van der Waals surface area contributed by atoms with Crippen LogP contribution in [0.5, 0.6) is 11.5 Å². The first-order valence-electron chi connectivity index (χ1n) is 11.9. The number of amides is 2. The number of hydrogen-bond acceptors (Lipinski definition) is 5. The van der Waals surface area contributed by atoms with Crippen LogP contribution in [0.4, 0.5) is 0 Å². The maximum absolute atomic E-state index is 12.8. The SMILES string of the molecule is CC(C)Oc1ccc(C=C(NC(=O)c2ccc(OCCCC3CC3)cc2)C(=O)NCCO)cc1. The van der Waals surface area contributed by atoms with E-state index in [4.69, 9.17) is 14.6 Å². The Bertz CT molecular complexity index is 964. The monoisotopic (exact) mass is 466 g/mol. The predicted molar refractivity (Wildman–Crippen MR) is 132 cm³/mol. The standard InChI is InChI=1S/C27H34N2O5/c1-19(2)34-24-11-7-21(8-12-24)18-25(27(32)28-15-16-30)29-26(31)22-9-13-23(14-10-22)33-17-3-4-20-5-6-20/h7-14,18-20,30H,3-6,15-17H2,1-2H3,(H,28,32)(H,29,31). The van der Waals surface area contributed by atoms with Crippen molar-refractivity contribution in [3.63, 3.8) is 0 Å². The molecule has 2 aromatic carbocycles. The summed E-state index contributed by atoms with van der Waals surface area (Å²) in [5.74, 6) is 1.42. The molecule has 0 unspecified atom stereocenters. The lowest BCUT2D eigenvalue weighted by Gasteiger charge is -2.12. The van der Waals surface area contributed by atoms with E-state index in [9.17, 15) is 9.59 Å². The number of nitrogens with one attached hydrogen (secondary N) is 2. The fourth-order valence-electron chi connectivity index (χ4n) is 3.37. The predicted octanol–water partition coefficient (Wildman–Crippen LogP) is 3.92. The molecule has 2 aromatic rings. The molecule has 0 radical (unpaired) electrons. The maximum Gasteiger partial charge on any atom is 0.267 e. The minimum absolute atomic E-state index is 0.0556. The van der Waals surface area contributed by atoms with Gasteiger partial charge in [-0.15, -0.1) is 0 Å². The molecule has 0 aromatic heterocycles. The average Bonchev–Trinajstić information content (AvgIpc) is 3.65. The van der Waals surface area contributed by atoms with Gasteiger partial charge in [-0.2, -0.15) is 0 Å². The maximum atomic E-state index is 12.8. The molecule has 7 nitrogen and oxygen atoms in total. The molecule has 0 aliphatic heterocycles. The summed E-state index contributed by atoms with van der Waals surface area (Å²) in [7, 11) is 0. The summed E-state index contributed by atoms with van der Waals surface area (Å²) in [6.45, 7) is 4.44. The summed E-state index contributed by atoms with van der Waals surface area (Å²) in [6.07, 6.45) is 6.57. The minimum Gasteiger partial charge on any atom is -0.494 e. The molecule has 0 spiro atoms. The van der Waals surface area contributed by atoms with Gasteiger partial charge in [-0.05, 0) is 80.6 Å². The van der Waals surface area contributed by atoms with Crippen LogP contribution in [0.1, 0.15) is 55.5 Å². The Morgan fingerprint density at radius 3 is 2.35 bits per heavy atom. The lowest BCUT2D eigenvalue weighted by Crippen LogP contribution is -2.36. The Hall–Kier alpha value is -3.32. The van der Waals surface area contributed by atoms with Gasteiger partial charge < -0.3 is 25.2 Å². The molecule has 0 atom stereocenters. The number of carbonyl (C=O) groups excluding carboxylic acids is 2. The van der Waals surface area contributed by atoms with E-state index in [-0.39, 0.29) is 25.0 Å². The molecular weight excluding hydrogens is 432 g/mol. The van der Waals surface area contributed by atoms with Gasteiger partial charge in [0.2, 0.25) is 0 Å². The van der Waals surface area contributed by atoms with E-state index >= 15 is 0 Å². The van der Waals surface area contributed by atoms with Crippen LogP contribution in [-0.4, -0.2) is 42.8 Å². The zero-order valence-electron chi connectivity index (χ0n) is 19.9. The number of aliphatic hydroxyl groups is 1. The normalized spacial score (nSPS) is 13.5. The highest BCUT2D eigenvalue weighted by atomic mass is 16.5. The number of ether oxygens (including phenoxy) is 2. The summed E-state index contributed by atoms with van der Waals surface area (Å²) < 4.78 is 11.4. The number of benzene rings is 2. The quantitative estimate of drug-likeness (QED) is 0.307. The summed E-state index contributed by atoms with van der Waals surface area (Å²) >= 11 is 0. The number of aliphatic hydroxyl groups excluding tert-OH is 1. The molecule has 34 heavy (non-hydrogen) atoms. The van der Waals surface area contributed by atoms with Crippen molar-refractivity contribution < 1.29 is 24.2 Å². The van der Waals surface area contributed by atoms with Gasteiger partial charge in [0.05, 0.1) is 19.3 Å². The molecule has 2 amide bonds. The van der Waals surface area contributed by atoms with Crippen LogP contribution < -0.4 is 20.1 Å². The van der Waals surface area contributed by atoms with Crippen LogP contribution in [0.2, 0.25) is 0 Å². The highest BCUT2D eigenvalue weighted by Crippen LogP contribution is 2.33. The molecule has 1 saturated carbocycles. The van der Waals surface area contributed by atoms with Crippen molar-refractivity contribution in [2.24, 2.45) is 5.92 Å². The van der Waals surface area contributed by atoms with E-state index in [0.29, 0.717) is 17.9 Å². The van der Waals surface area contributed by atoms with Gasteiger partial charge in [-0.3, -0.25) is 9.59 Å². The number of carbonyl (C=O) groups is 2. The Kier molecular flexibility index (Phi) is 9.52. The fraction of sp³-hybridized carbons (Fsp3) is 0.407. The van der Waals surface area contributed by atoms with E-state index in [1.165, 1.54) is 19.3 Å². The Labute approximate surface area is 201 Å². The van der Waals surface area contributed by atoms with Crippen LogP contribution in [0, 0.1) is 5.92 Å². The Morgan fingerprint density at radius 1 is 1.06 bits per heavy atom. The van der Waals surface area contributed by atoms with E-state index in [1.54, 1.807) is 54.6 Å². The van der Waals surface area contributed by atoms with Gasteiger partial charge in [0.25, 0.3) is 11.8 Å². The zero-order valence-corrected chi connectivity index (χ0v) is 19.9. The summed E-state index contributed by atoms with van der Waals surface area (Å²) in [4.78, 5) is 25.4. The van der Waals surface area contributed by atoms with Crippen molar-refractivity contribution in [3.05, 3.63) is 65.4 Å². The van der Waals surface area contributed by atoms with E-state index in [1.807, 2.05) is 13.8 Å². The molecule has 3 N–H and O–H groups in total. The average molecular weight is 467 g/mol. The molecular formula is C27H34N2O5. The van der Waals surface area contributed by atoms with Gasteiger partial charge in [0.1, 0.15) is 17.2 Å². The van der Waals surface area contributed by atoms with E-state index in [0.717, 1.165) is 23.7 Å². The first-order valence-corrected chi connectivity index (χ1v) is 11.9. The Morgan fingerprint density at radius 2 is 1.74 bits per heavy atom. The second-order valence-electron chi connectivity index (χ2n) is 8.69. The third-order valence-corrected chi connectivity index (χ3v) is 5.29. The van der Waals surface area contributed by atoms with Crippen LogP contribution in [0.25, 0.3) is 6.08 Å². The molecule has 3 rings (SSSR count). The fourth-order valence-corrected chi connectivity index (χ4v) is 3.37. The molecule has 1 aliphatic carbocycles. The van der Waals surface area contributed by atoms with Gasteiger partial charge in [-0.1, -0.05) is 25.0 Å². The van der Waals surface area contributed by atoms with E-state index in [2.05, 4.69) is 10.6 Å². The number of rotatable bonds is 13. The molecule has 182 valence electrons. The first-order chi connectivity index (χ1) is 16.4. The van der Waals surface area contributed by atoms with Crippen LogP contribution in [0.15, 0.2) is 54.2 Å². The molecule has 0 heterocycles. The Balaban J connectivity index is 1.64. The third kappa shape index (κ3) is 8.56. The number of hydrogen-bond donors (Lipinski definition) is 3. The lowest BCUT2D eigenvalue weighted by atomic mass is 10.1. The largest absolute Gasteiger partial charge is 0.494 e. The second kappa shape index (κ2) is 12.8. The van der Waals surface area contributed by atoms with Crippen molar-refractivity contribution in [1.82, 2.24) is 10.6 Å². The second-order valence-corrected chi connectivity index (χ2v) is 8.69. The van der Waals surface area contributed by atoms with E-state index < -0.39 is 11.8 Å².